The second-order valence-corrected chi connectivity index (χ2v) is 5.81. The van der Waals surface area contributed by atoms with Gasteiger partial charge < -0.3 is 10.2 Å². The van der Waals surface area contributed by atoms with Crippen LogP contribution in [0.15, 0.2) is 60.7 Å². The molecule has 0 aromatic heterocycles. The largest absolute Gasteiger partial charge is 0.358 e. The van der Waals surface area contributed by atoms with E-state index in [4.69, 9.17) is 0 Å². The number of anilines is 1. The lowest BCUT2D eigenvalue weighted by molar-refractivity contribution is -0.125. The molecule has 3 nitrogen and oxygen atoms in total. The maximum atomic E-state index is 12.7. The fraction of sp³-hybridized carbons (Fsp3) is 0.316. The van der Waals surface area contributed by atoms with Crippen molar-refractivity contribution in [2.45, 2.75) is 32.9 Å². The number of hydrogen-bond donors (Lipinski definition) is 1. The highest BCUT2D eigenvalue weighted by molar-refractivity contribution is 5.89. The lowest BCUT2D eigenvalue weighted by Gasteiger charge is -2.38. The summed E-state index contributed by atoms with van der Waals surface area (Å²) in [5, 5.41) is 3.04. The van der Waals surface area contributed by atoms with Gasteiger partial charge in [-0.05, 0) is 38.5 Å². The molecular formula is C19H24N2O. The molecular weight excluding hydrogens is 272 g/mol. The van der Waals surface area contributed by atoms with Gasteiger partial charge in [-0.25, -0.2) is 0 Å². The molecule has 0 radical (unpaired) electrons. The monoisotopic (exact) mass is 296 g/mol. The molecule has 0 aliphatic carbocycles. The van der Waals surface area contributed by atoms with Crippen LogP contribution in [0, 0.1) is 0 Å². The van der Waals surface area contributed by atoms with Gasteiger partial charge in [-0.1, -0.05) is 48.5 Å². The van der Waals surface area contributed by atoms with Gasteiger partial charge in [0.1, 0.15) is 5.54 Å². The second-order valence-electron chi connectivity index (χ2n) is 5.81. The molecule has 116 valence electrons. The minimum absolute atomic E-state index is 0.0297. The van der Waals surface area contributed by atoms with Crippen molar-refractivity contribution >= 4 is 11.6 Å². The number of likely N-dealkylation sites (N-methyl/N-ethyl adjacent to an activating group) is 1. The van der Waals surface area contributed by atoms with Gasteiger partial charge in [0.15, 0.2) is 0 Å². The van der Waals surface area contributed by atoms with Crippen molar-refractivity contribution in [1.29, 1.82) is 0 Å². The average molecular weight is 296 g/mol. The summed E-state index contributed by atoms with van der Waals surface area (Å²) in [5.41, 5.74) is 1.56. The molecule has 0 bridgehead atoms. The third-order valence-electron chi connectivity index (χ3n) is 3.91. The molecule has 0 aliphatic rings. The van der Waals surface area contributed by atoms with E-state index < -0.39 is 5.54 Å². The summed E-state index contributed by atoms with van der Waals surface area (Å²) in [7, 11) is 0. The molecule has 0 saturated heterocycles. The Labute approximate surface area is 133 Å². The first kappa shape index (κ1) is 16.1. The van der Waals surface area contributed by atoms with Gasteiger partial charge in [-0.3, -0.25) is 4.79 Å². The van der Waals surface area contributed by atoms with Gasteiger partial charge in [0.05, 0.1) is 0 Å². The minimum atomic E-state index is -0.606. The molecule has 3 heteroatoms. The molecule has 2 aromatic rings. The van der Waals surface area contributed by atoms with Crippen LogP contribution >= 0.6 is 0 Å². The Kier molecular flexibility index (Phi) is 5.21. The highest BCUT2D eigenvalue weighted by Gasteiger charge is 2.33. The molecule has 1 amide bonds. The predicted molar refractivity (Wildman–Crippen MR) is 91.8 cm³/mol. The van der Waals surface area contributed by atoms with Crippen molar-refractivity contribution in [2.24, 2.45) is 0 Å². The van der Waals surface area contributed by atoms with Crippen LogP contribution in [0.2, 0.25) is 0 Å². The van der Waals surface area contributed by atoms with Crippen molar-refractivity contribution in [3.05, 3.63) is 66.2 Å². The number of amides is 1. The van der Waals surface area contributed by atoms with Crippen LogP contribution in [0.3, 0.4) is 0 Å². The fourth-order valence-electron chi connectivity index (χ4n) is 2.63. The van der Waals surface area contributed by atoms with Gasteiger partial charge in [0.2, 0.25) is 5.91 Å². The van der Waals surface area contributed by atoms with Crippen molar-refractivity contribution in [2.75, 3.05) is 11.4 Å². The van der Waals surface area contributed by atoms with E-state index in [9.17, 15) is 4.79 Å². The molecule has 2 rings (SSSR count). The normalized spacial score (nSPS) is 11.0. The number of para-hydroxylation sites is 1. The van der Waals surface area contributed by atoms with Crippen molar-refractivity contribution in [3.63, 3.8) is 0 Å². The van der Waals surface area contributed by atoms with Gasteiger partial charge in [-0.2, -0.15) is 0 Å². The van der Waals surface area contributed by atoms with E-state index in [1.165, 1.54) is 0 Å². The van der Waals surface area contributed by atoms with E-state index in [2.05, 4.69) is 17.1 Å². The van der Waals surface area contributed by atoms with Crippen LogP contribution in [0.5, 0.6) is 0 Å². The zero-order valence-electron chi connectivity index (χ0n) is 13.5. The summed E-state index contributed by atoms with van der Waals surface area (Å²) in [6.07, 6.45) is 0. The second kappa shape index (κ2) is 7.12. The average Bonchev–Trinajstić information content (AvgIpc) is 2.55. The smallest absolute Gasteiger partial charge is 0.245 e. The topological polar surface area (TPSA) is 32.3 Å². The highest BCUT2D eigenvalue weighted by Crippen LogP contribution is 2.23. The summed E-state index contributed by atoms with van der Waals surface area (Å²) in [4.78, 5) is 14.8. The summed E-state index contributed by atoms with van der Waals surface area (Å²) in [6.45, 7) is 7.32. The molecule has 1 N–H and O–H groups in total. The Morgan fingerprint density at radius 2 is 1.55 bits per heavy atom. The van der Waals surface area contributed by atoms with E-state index >= 15 is 0 Å². The Morgan fingerprint density at radius 3 is 2.09 bits per heavy atom. The van der Waals surface area contributed by atoms with Crippen molar-refractivity contribution < 1.29 is 4.79 Å². The molecule has 0 fully saturated rings. The summed E-state index contributed by atoms with van der Waals surface area (Å²) < 4.78 is 0. The summed E-state index contributed by atoms with van der Waals surface area (Å²) >= 11 is 0. The van der Waals surface area contributed by atoms with Crippen LogP contribution < -0.4 is 10.2 Å². The number of nitrogens with zero attached hydrogens (tertiary/aromatic N) is 1. The number of rotatable bonds is 6. The van der Waals surface area contributed by atoms with Crippen LogP contribution in [0.25, 0.3) is 0 Å². The number of carbonyl (C=O) groups excluding carboxylic acids is 1. The summed E-state index contributed by atoms with van der Waals surface area (Å²) in [5.74, 6) is 0.0297. The molecule has 2 aromatic carbocycles. The molecule has 0 spiro atoms. The van der Waals surface area contributed by atoms with E-state index in [1.807, 2.05) is 74.5 Å². The van der Waals surface area contributed by atoms with Crippen molar-refractivity contribution in [3.8, 4) is 0 Å². The zero-order valence-corrected chi connectivity index (χ0v) is 13.5. The van der Waals surface area contributed by atoms with Gasteiger partial charge in [-0.15, -0.1) is 0 Å². The highest BCUT2D eigenvalue weighted by atomic mass is 16.2. The lowest BCUT2D eigenvalue weighted by atomic mass is 10.00. The first-order valence-corrected chi connectivity index (χ1v) is 7.70. The maximum Gasteiger partial charge on any atom is 0.245 e. The van der Waals surface area contributed by atoms with Crippen LogP contribution in [0.4, 0.5) is 5.69 Å². The minimum Gasteiger partial charge on any atom is -0.358 e. The Bertz CT molecular complexity index is 593. The van der Waals surface area contributed by atoms with Gasteiger partial charge in [0.25, 0.3) is 0 Å². The third-order valence-corrected chi connectivity index (χ3v) is 3.91. The van der Waals surface area contributed by atoms with Gasteiger partial charge in [0, 0.05) is 18.8 Å². The van der Waals surface area contributed by atoms with Crippen molar-refractivity contribution in [1.82, 2.24) is 5.32 Å². The number of carbonyl (C=O) groups is 1. The standard InChI is InChI=1S/C19H24N2O/c1-4-21(17-13-9-6-10-14-17)19(2,3)18(22)20-15-16-11-7-5-8-12-16/h5-14H,4,15H2,1-3H3,(H,20,22). The Hall–Kier alpha value is -2.29. The molecule has 0 heterocycles. The Balaban J connectivity index is 2.08. The number of benzene rings is 2. The van der Waals surface area contributed by atoms with Crippen LogP contribution in [-0.2, 0) is 11.3 Å². The van der Waals surface area contributed by atoms with E-state index in [1.54, 1.807) is 0 Å². The molecule has 0 unspecified atom stereocenters. The van der Waals surface area contributed by atoms with E-state index in [0.717, 1.165) is 17.8 Å². The van der Waals surface area contributed by atoms with E-state index in [0.29, 0.717) is 6.54 Å². The molecule has 22 heavy (non-hydrogen) atoms. The first-order valence-electron chi connectivity index (χ1n) is 7.70. The number of hydrogen-bond acceptors (Lipinski definition) is 2. The number of nitrogens with one attached hydrogen (secondary N) is 1. The maximum absolute atomic E-state index is 12.7. The zero-order chi connectivity index (χ0) is 16.0. The SMILES string of the molecule is CCN(c1ccccc1)C(C)(C)C(=O)NCc1ccccc1. The molecule has 0 aliphatic heterocycles. The molecule has 0 atom stereocenters. The fourth-order valence-corrected chi connectivity index (χ4v) is 2.63. The predicted octanol–water partition coefficient (Wildman–Crippen LogP) is 3.61. The van der Waals surface area contributed by atoms with Crippen LogP contribution in [-0.4, -0.2) is 18.0 Å². The third kappa shape index (κ3) is 3.67. The quantitative estimate of drug-likeness (QED) is 0.883. The van der Waals surface area contributed by atoms with Gasteiger partial charge >= 0.3 is 0 Å². The first-order chi connectivity index (χ1) is 10.6. The molecule has 0 saturated carbocycles. The van der Waals surface area contributed by atoms with Crippen LogP contribution in [0.1, 0.15) is 26.3 Å². The Morgan fingerprint density at radius 1 is 1.00 bits per heavy atom. The summed E-state index contributed by atoms with van der Waals surface area (Å²) in [6, 6.07) is 20.0. The lowest BCUT2D eigenvalue weighted by Crippen LogP contribution is -2.55. The van der Waals surface area contributed by atoms with E-state index in [-0.39, 0.29) is 5.91 Å².